The fourth-order valence-corrected chi connectivity index (χ4v) is 4.69. The molecule has 4 atom stereocenters. The molecule has 2 aliphatic heterocycles. The standard InChI is InChI=1S/C23H30O7/c1-3-4-5-6-7-8-18(24)20-17-12-14-11-15(9-10-19(25)26)29-13-16(14)21(27)23(17,2)30-22(20)28/h9-11,17-18,20,24H,3-8,12-13H2,1-2H3,(H,25,26)/b10-9+/t17-,18+,20+,23-/m1/s1. The fourth-order valence-electron chi connectivity index (χ4n) is 4.69. The van der Waals surface area contributed by atoms with E-state index in [1.54, 1.807) is 13.0 Å². The minimum absolute atomic E-state index is 0.00840. The SMILES string of the molecule is CCCCCCC[C@H](O)[C@H]1C(=O)O[C@@]2(C)C(=O)C3=C(C=C(/C=C/C(=O)O)OC3)C[C@H]12. The summed E-state index contributed by atoms with van der Waals surface area (Å²) in [5.41, 5.74) is -0.129. The average molecular weight is 418 g/mol. The maximum Gasteiger partial charge on any atom is 0.328 e. The maximum absolute atomic E-state index is 13.1. The summed E-state index contributed by atoms with van der Waals surface area (Å²) in [7, 11) is 0. The van der Waals surface area contributed by atoms with Crippen LogP contribution in [0.25, 0.3) is 0 Å². The number of allylic oxidation sites excluding steroid dienone is 3. The van der Waals surface area contributed by atoms with Crippen LogP contribution in [0, 0.1) is 11.8 Å². The van der Waals surface area contributed by atoms with E-state index in [4.69, 9.17) is 14.6 Å². The van der Waals surface area contributed by atoms with Gasteiger partial charge in [0, 0.05) is 17.6 Å². The number of carboxylic acid groups (broad SMARTS) is 1. The van der Waals surface area contributed by atoms with E-state index in [1.807, 2.05) is 0 Å². The Morgan fingerprint density at radius 2 is 2.03 bits per heavy atom. The summed E-state index contributed by atoms with van der Waals surface area (Å²) >= 11 is 0. The predicted molar refractivity (Wildman–Crippen MR) is 108 cm³/mol. The van der Waals surface area contributed by atoms with Crippen molar-refractivity contribution in [1.29, 1.82) is 0 Å². The number of carbonyl (C=O) groups is 3. The van der Waals surface area contributed by atoms with Crippen LogP contribution in [0.2, 0.25) is 0 Å². The highest BCUT2D eigenvalue weighted by atomic mass is 16.6. The molecule has 0 aromatic carbocycles. The Labute approximate surface area is 176 Å². The first kappa shape index (κ1) is 22.3. The fraction of sp³-hybridized carbons (Fsp3) is 0.609. The number of hydrogen-bond acceptors (Lipinski definition) is 6. The third kappa shape index (κ3) is 4.36. The molecule has 7 nitrogen and oxygen atoms in total. The second-order valence-corrected chi connectivity index (χ2v) is 8.47. The van der Waals surface area contributed by atoms with Crippen LogP contribution in [-0.4, -0.2) is 46.2 Å². The molecule has 0 unspecified atom stereocenters. The summed E-state index contributed by atoms with van der Waals surface area (Å²) in [5.74, 6) is -2.76. The smallest absolute Gasteiger partial charge is 0.328 e. The molecular weight excluding hydrogens is 388 g/mol. The lowest BCUT2D eigenvalue weighted by molar-refractivity contribution is -0.158. The zero-order chi connectivity index (χ0) is 21.9. The Morgan fingerprint density at radius 1 is 1.30 bits per heavy atom. The summed E-state index contributed by atoms with van der Waals surface area (Å²) in [6.07, 6.45) is 9.23. The number of carbonyl (C=O) groups excluding carboxylic acids is 2. The number of aliphatic hydroxyl groups is 1. The van der Waals surface area contributed by atoms with Gasteiger partial charge in [-0.2, -0.15) is 0 Å². The van der Waals surface area contributed by atoms with Crippen molar-refractivity contribution >= 4 is 17.7 Å². The van der Waals surface area contributed by atoms with E-state index in [0.29, 0.717) is 24.2 Å². The minimum atomic E-state index is -1.30. The Bertz CT molecular complexity index is 806. The van der Waals surface area contributed by atoms with E-state index in [1.165, 1.54) is 6.08 Å². The number of aliphatic hydroxyl groups excluding tert-OH is 1. The van der Waals surface area contributed by atoms with Gasteiger partial charge in [0.2, 0.25) is 5.78 Å². The lowest BCUT2D eigenvalue weighted by Gasteiger charge is -2.37. The molecule has 3 rings (SSSR count). The van der Waals surface area contributed by atoms with Crippen molar-refractivity contribution in [2.75, 3.05) is 6.61 Å². The first-order chi connectivity index (χ1) is 14.3. The van der Waals surface area contributed by atoms with E-state index < -0.39 is 35.5 Å². The topological polar surface area (TPSA) is 110 Å². The molecule has 2 heterocycles. The summed E-state index contributed by atoms with van der Waals surface area (Å²) in [4.78, 5) is 36.5. The number of unbranched alkanes of at least 4 members (excludes halogenated alkanes) is 4. The Kier molecular flexibility index (Phi) is 6.81. The van der Waals surface area contributed by atoms with Gasteiger partial charge in [-0.1, -0.05) is 39.0 Å². The van der Waals surface area contributed by atoms with Gasteiger partial charge in [-0.25, -0.2) is 4.79 Å². The third-order valence-corrected chi connectivity index (χ3v) is 6.39. The van der Waals surface area contributed by atoms with Crippen molar-refractivity contribution in [1.82, 2.24) is 0 Å². The molecule has 30 heavy (non-hydrogen) atoms. The number of carboxylic acids is 1. The first-order valence-corrected chi connectivity index (χ1v) is 10.7. The predicted octanol–water partition coefficient (Wildman–Crippen LogP) is 3.08. The number of fused-ring (bicyclic) bond motifs is 1. The lowest BCUT2D eigenvalue weighted by atomic mass is 9.67. The second-order valence-electron chi connectivity index (χ2n) is 8.47. The summed E-state index contributed by atoms with van der Waals surface area (Å²) in [6.45, 7) is 3.77. The molecule has 2 N–H and O–H groups in total. The van der Waals surface area contributed by atoms with Gasteiger partial charge in [-0.15, -0.1) is 0 Å². The molecule has 0 saturated carbocycles. The second kappa shape index (κ2) is 9.16. The lowest BCUT2D eigenvalue weighted by Crippen LogP contribution is -2.48. The van der Waals surface area contributed by atoms with Crippen LogP contribution in [0.3, 0.4) is 0 Å². The number of aliphatic carboxylic acids is 1. The van der Waals surface area contributed by atoms with E-state index >= 15 is 0 Å². The van der Waals surface area contributed by atoms with Gasteiger partial charge in [-0.3, -0.25) is 9.59 Å². The molecule has 0 aromatic rings. The molecule has 0 bridgehead atoms. The highest BCUT2D eigenvalue weighted by Gasteiger charge is 2.61. The van der Waals surface area contributed by atoms with Crippen LogP contribution in [0.5, 0.6) is 0 Å². The molecule has 0 aromatic heterocycles. The zero-order valence-corrected chi connectivity index (χ0v) is 17.6. The van der Waals surface area contributed by atoms with Gasteiger partial charge < -0.3 is 19.7 Å². The van der Waals surface area contributed by atoms with Crippen molar-refractivity contribution in [3.8, 4) is 0 Å². The van der Waals surface area contributed by atoms with Crippen LogP contribution in [0.15, 0.2) is 35.1 Å². The Hall–Kier alpha value is -2.41. The minimum Gasteiger partial charge on any atom is -0.489 e. The highest BCUT2D eigenvalue weighted by Crippen LogP contribution is 2.49. The molecular formula is C23H30O7. The maximum atomic E-state index is 13.1. The molecule has 3 aliphatic rings. The van der Waals surface area contributed by atoms with Crippen LogP contribution < -0.4 is 0 Å². The van der Waals surface area contributed by atoms with Gasteiger partial charge in [0.25, 0.3) is 0 Å². The number of ether oxygens (including phenoxy) is 2. The molecule has 1 aliphatic carbocycles. The largest absolute Gasteiger partial charge is 0.489 e. The zero-order valence-electron chi connectivity index (χ0n) is 17.6. The van der Waals surface area contributed by atoms with E-state index in [0.717, 1.165) is 43.8 Å². The van der Waals surface area contributed by atoms with Crippen molar-refractivity contribution < 1.29 is 34.1 Å². The quantitative estimate of drug-likeness (QED) is 0.336. The van der Waals surface area contributed by atoms with Gasteiger partial charge >= 0.3 is 11.9 Å². The van der Waals surface area contributed by atoms with Crippen LogP contribution in [0.1, 0.15) is 58.8 Å². The van der Waals surface area contributed by atoms with Gasteiger partial charge in [-0.05, 0) is 37.5 Å². The molecule has 164 valence electrons. The number of Topliss-reactive ketones (excluding diaryl/α,β-unsaturated/α-hetero) is 1. The van der Waals surface area contributed by atoms with E-state index in [2.05, 4.69) is 6.92 Å². The number of ketones is 1. The van der Waals surface area contributed by atoms with Crippen LogP contribution in [0.4, 0.5) is 0 Å². The van der Waals surface area contributed by atoms with Crippen molar-refractivity contribution in [3.63, 3.8) is 0 Å². The van der Waals surface area contributed by atoms with E-state index in [-0.39, 0.29) is 12.4 Å². The highest BCUT2D eigenvalue weighted by molar-refractivity contribution is 6.07. The van der Waals surface area contributed by atoms with Crippen molar-refractivity contribution in [2.45, 2.75) is 70.5 Å². The number of hydrogen-bond donors (Lipinski definition) is 2. The van der Waals surface area contributed by atoms with Crippen molar-refractivity contribution in [2.24, 2.45) is 11.8 Å². The normalized spacial score (nSPS) is 29.2. The van der Waals surface area contributed by atoms with Gasteiger partial charge in [0.1, 0.15) is 12.4 Å². The molecule has 1 fully saturated rings. The average Bonchev–Trinajstić information content (AvgIpc) is 2.96. The molecule has 0 radical (unpaired) electrons. The van der Waals surface area contributed by atoms with Crippen molar-refractivity contribution in [3.05, 3.63) is 35.1 Å². The first-order valence-electron chi connectivity index (χ1n) is 10.7. The molecule has 0 spiro atoms. The van der Waals surface area contributed by atoms with Crippen LogP contribution >= 0.6 is 0 Å². The van der Waals surface area contributed by atoms with Gasteiger partial charge in [0.15, 0.2) is 5.60 Å². The Balaban J connectivity index is 1.77. The summed E-state index contributed by atoms with van der Waals surface area (Å²) in [5, 5.41) is 19.6. The number of esters is 1. The number of rotatable bonds is 9. The molecule has 0 amide bonds. The summed E-state index contributed by atoms with van der Waals surface area (Å²) in [6, 6.07) is 0. The monoisotopic (exact) mass is 418 g/mol. The van der Waals surface area contributed by atoms with E-state index in [9.17, 15) is 19.5 Å². The molecule has 7 heteroatoms. The third-order valence-electron chi connectivity index (χ3n) is 6.39. The van der Waals surface area contributed by atoms with Crippen LogP contribution in [-0.2, 0) is 23.9 Å². The van der Waals surface area contributed by atoms with Gasteiger partial charge in [0.05, 0.1) is 12.0 Å². The Morgan fingerprint density at radius 3 is 2.73 bits per heavy atom. The molecule has 1 saturated heterocycles. The summed E-state index contributed by atoms with van der Waals surface area (Å²) < 4.78 is 11.0.